The van der Waals surface area contributed by atoms with Crippen molar-refractivity contribution in [2.45, 2.75) is 0 Å². The minimum Gasteiger partial charge on any atom is -0.397 e. The van der Waals surface area contributed by atoms with Crippen LogP contribution in [0.3, 0.4) is 0 Å². The number of nitrogens with zero attached hydrogens (tertiary/aromatic N) is 3. The first-order chi connectivity index (χ1) is 9.33. The third-order valence-corrected chi connectivity index (χ3v) is 3.17. The fourth-order valence-electron chi connectivity index (χ4n) is 1.64. The van der Waals surface area contributed by atoms with E-state index in [1.165, 1.54) is 11.5 Å². The SMILES string of the molecule is Nc1ccccc1Nc1n[n+](-c2ccccc2)ns1. The minimum absolute atomic E-state index is 0.684. The van der Waals surface area contributed by atoms with Gasteiger partial charge in [-0.25, -0.2) is 0 Å². The average Bonchev–Trinajstić information content (AvgIpc) is 2.91. The van der Waals surface area contributed by atoms with Gasteiger partial charge in [-0.05, 0) is 12.1 Å². The van der Waals surface area contributed by atoms with Crippen LogP contribution in [0.4, 0.5) is 16.5 Å². The molecule has 0 unspecified atom stereocenters. The average molecular weight is 270 g/mol. The number of rotatable bonds is 3. The van der Waals surface area contributed by atoms with Crippen LogP contribution in [0.15, 0.2) is 54.6 Å². The van der Waals surface area contributed by atoms with Gasteiger partial charge in [0.15, 0.2) is 0 Å². The van der Waals surface area contributed by atoms with Crippen molar-refractivity contribution < 1.29 is 4.80 Å². The van der Waals surface area contributed by atoms with Crippen LogP contribution >= 0.6 is 11.5 Å². The van der Waals surface area contributed by atoms with Gasteiger partial charge in [0.25, 0.3) is 10.8 Å². The van der Waals surface area contributed by atoms with Crippen LogP contribution < -0.4 is 15.8 Å². The molecule has 3 aromatic rings. The van der Waals surface area contributed by atoms with Crippen LogP contribution in [0, 0.1) is 0 Å². The standard InChI is InChI=1S/C13H11N5S/c14-11-8-4-5-9-12(11)15-13-16-18(17-19-13)10-6-2-1-3-7-10/h1-9,14,17H/p+1. The molecule has 0 saturated heterocycles. The third-order valence-electron chi connectivity index (χ3n) is 2.58. The second kappa shape index (κ2) is 5.03. The lowest BCUT2D eigenvalue weighted by molar-refractivity contribution is -0.709. The zero-order valence-electron chi connectivity index (χ0n) is 10.0. The Morgan fingerprint density at radius 2 is 1.74 bits per heavy atom. The molecule has 6 heteroatoms. The summed E-state index contributed by atoms with van der Waals surface area (Å²) < 4.78 is 4.26. The Labute approximate surface area is 114 Å². The summed E-state index contributed by atoms with van der Waals surface area (Å²) in [6.07, 6.45) is 0. The van der Waals surface area contributed by atoms with E-state index in [2.05, 4.69) is 14.9 Å². The molecule has 0 aliphatic carbocycles. The van der Waals surface area contributed by atoms with Crippen molar-refractivity contribution in [1.29, 1.82) is 0 Å². The summed E-state index contributed by atoms with van der Waals surface area (Å²) in [5.41, 5.74) is 8.31. The molecule has 1 aromatic heterocycles. The highest BCUT2D eigenvalue weighted by Crippen LogP contribution is 2.21. The molecule has 0 amide bonds. The summed E-state index contributed by atoms with van der Waals surface area (Å²) in [7, 11) is 0. The van der Waals surface area contributed by atoms with E-state index >= 15 is 0 Å². The van der Waals surface area contributed by atoms with E-state index in [0.717, 1.165) is 11.4 Å². The molecule has 19 heavy (non-hydrogen) atoms. The highest BCUT2D eigenvalue weighted by Gasteiger charge is 2.15. The van der Waals surface area contributed by atoms with E-state index in [1.807, 2.05) is 54.6 Å². The number of aromatic nitrogens is 3. The maximum atomic E-state index is 5.87. The molecule has 0 fully saturated rings. The third kappa shape index (κ3) is 2.53. The molecule has 1 heterocycles. The first-order valence-electron chi connectivity index (χ1n) is 5.76. The van der Waals surface area contributed by atoms with Gasteiger partial charge in [-0.2, -0.15) is 0 Å². The number of nitrogens with one attached hydrogen (secondary N) is 1. The summed E-state index contributed by atoms with van der Waals surface area (Å²) in [6.45, 7) is 0. The van der Waals surface area contributed by atoms with Crippen molar-refractivity contribution in [1.82, 2.24) is 9.59 Å². The molecule has 0 saturated carbocycles. The number of hydrogen-bond acceptors (Lipinski definition) is 5. The van der Waals surface area contributed by atoms with Gasteiger partial charge in [0.05, 0.1) is 32.8 Å². The molecule has 2 aromatic carbocycles. The fourth-order valence-corrected chi connectivity index (χ4v) is 2.19. The van der Waals surface area contributed by atoms with Crippen LogP contribution in [0.25, 0.3) is 5.69 Å². The van der Waals surface area contributed by atoms with E-state index < -0.39 is 0 Å². The van der Waals surface area contributed by atoms with Crippen molar-refractivity contribution in [3.8, 4) is 5.69 Å². The van der Waals surface area contributed by atoms with E-state index in [-0.39, 0.29) is 0 Å². The van der Waals surface area contributed by atoms with Gasteiger partial charge >= 0.3 is 0 Å². The number of nitrogens with two attached hydrogens (primary N) is 1. The monoisotopic (exact) mass is 270 g/mol. The van der Waals surface area contributed by atoms with Crippen LogP contribution in [-0.4, -0.2) is 9.59 Å². The summed E-state index contributed by atoms with van der Waals surface area (Å²) in [5, 5.41) is 8.23. The molecule has 0 aliphatic heterocycles. The first-order valence-corrected chi connectivity index (χ1v) is 6.53. The van der Waals surface area contributed by atoms with Crippen molar-refractivity contribution in [3.63, 3.8) is 0 Å². The molecule has 3 rings (SSSR count). The molecule has 0 spiro atoms. The molecule has 94 valence electrons. The summed E-state index contributed by atoms with van der Waals surface area (Å²) in [6, 6.07) is 17.3. The number of hydrogen-bond donors (Lipinski definition) is 2. The number of para-hydroxylation sites is 3. The zero-order chi connectivity index (χ0) is 13.1. The largest absolute Gasteiger partial charge is 0.397 e. The van der Waals surface area contributed by atoms with Crippen LogP contribution in [0.5, 0.6) is 0 Å². The molecule has 5 nitrogen and oxygen atoms in total. The maximum absolute atomic E-state index is 5.87. The van der Waals surface area contributed by atoms with Crippen molar-refractivity contribution in [2.75, 3.05) is 11.1 Å². The lowest BCUT2D eigenvalue weighted by Gasteiger charge is -2.02. The number of benzene rings is 2. The molecule has 0 aliphatic rings. The van der Waals surface area contributed by atoms with E-state index in [0.29, 0.717) is 10.8 Å². The smallest absolute Gasteiger partial charge is 0.280 e. The Bertz CT molecular complexity index is 680. The molecule has 3 N–H and O–H groups in total. The van der Waals surface area contributed by atoms with Crippen molar-refractivity contribution >= 4 is 28.0 Å². The summed E-state index contributed by atoms with van der Waals surface area (Å²) in [5.74, 6) is 0. The van der Waals surface area contributed by atoms with Gasteiger partial charge in [-0.1, -0.05) is 30.3 Å². The van der Waals surface area contributed by atoms with Crippen LogP contribution in [-0.2, 0) is 0 Å². The van der Waals surface area contributed by atoms with E-state index in [1.54, 1.807) is 4.80 Å². The van der Waals surface area contributed by atoms with Gasteiger partial charge in [0.1, 0.15) is 4.49 Å². The molecular weight excluding hydrogens is 258 g/mol. The Kier molecular flexibility index (Phi) is 3.07. The summed E-state index contributed by atoms with van der Waals surface area (Å²) >= 11 is 1.28. The number of anilines is 3. The summed E-state index contributed by atoms with van der Waals surface area (Å²) in [4.78, 5) is 1.59. The van der Waals surface area contributed by atoms with Gasteiger partial charge in [-0.3, -0.25) is 0 Å². The van der Waals surface area contributed by atoms with Crippen LogP contribution in [0.1, 0.15) is 0 Å². The van der Waals surface area contributed by atoms with Gasteiger partial charge in [-0.15, -0.1) is 0 Å². The predicted molar refractivity (Wildman–Crippen MR) is 75.6 cm³/mol. The van der Waals surface area contributed by atoms with Gasteiger partial charge < -0.3 is 11.1 Å². The maximum Gasteiger partial charge on any atom is 0.280 e. The topological polar surface area (TPSA) is 67.7 Å². The predicted octanol–water partition coefficient (Wildman–Crippen LogP) is 2.14. The first kappa shape index (κ1) is 11.6. The quantitative estimate of drug-likeness (QED) is 0.565. The lowest BCUT2D eigenvalue weighted by atomic mass is 10.3. The normalized spacial score (nSPS) is 10.3. The Morgan fingerprint density at radius 1 is 1.00 bits per heavy atom. The Morgan fingerprint density at radius 3 is 2.53 bits per heavy atom. The highest BCUT2D eigenvalue weighted by molar-refractivity contribution is 7.09. The van der Waals surface area contributed by atoms with Crippen molar-refractivity contribution in [2.24, 2.45) is 0 Å². The Hall–Kier alpha value is -2.47. The lowest BCUT2D eigenvalue weighted by Crippen LogP contribution is -2.35. The molecule has 0 bridgehead atoms. The second-order valence-corrected chi connectivity index (χ2v) is 4.65. The molecule has 0 radical (unpaired) electrons. The zero-order valence-corrected chi connectivity index (χ0v) is 10.8. The van der Waals surface area contributed by atoms with Crippen molar-refractivity contribution in [3.05, 3.63) is 54.6 Å². The van der Waals surface area contributed by atoms with Gasteiger partial charge in [0, 0.05) is 12.1 Å². The highest BCUT2D eigenvalue weighted by atomic mass is 32.1. The molecular formula is C13H12N5S+. The minimum atomic E-state index is 0.684. The second-order valence-electron chi connectivity index (χ2n) is 3.92. The van der Waals surface area contributed by atoms with E-state index in [4.69, 9.17) is 5.73 Å². The molecule has 0 atom stereocenters. The van der Waals surface area contributed by atoms with E-state index in [9.17, 15) is 0 Å². The van der Waals surface area contributed by atoms with Crippen LogP contribution in [0.2, 0.25) is 0 Å². The van der Waals surface area contributed by atoms with Gasteiger partial charge in [0.2, 0.25) is 0 Å². The fraction of sp³-hybridized carbons (Fsp3) is 0. The number of nitrogen functional groups attached to an aromatic ring is 1. The Balaban J connectivity index is 1.85.